The zero-order chi connectivity index (χ0) is 14.6. The molecule has 2 aliphatic rings. The molecular formula is C17H15BrN2O. The molecule has 0 aromatic heterocycles. The van der Waals surface area contributed by atoms with E-state index >= 15 is 0 Å². The average molecular weight is 343 g/mol. The highest BCUT2D eigenvalue weighted by Gasteiger charge is 2.44. The van der Waals surface area contributed by atoms with Crippen LogP contribution in [0.3, 0.4) is 0 Å². The van der Waals surface area contributed by atoms with Crippen molar-refractivity contribution < 1.29 is 4.79 Å². The van der Waals surface area contributed by atoms with Crippen LogP contribution >= 0.6 is 15.9 Å². The maximum absolute atomic E-state index is 12.2. The molecule has 2 aliphatic heterocycles. The van der Waals surface area contributed by atoms with E-state index < -0.39 is 0 Å². The molecule has 0 saturated carbocycles. The van der Waals surface area contributed by atoms with Crippen LogP contribution in [0.15, 0.2) is 46.9 Å². The highest BCUT2D eigenvalue weighted by molar-refractivity contribution is 9.10. The minimum Gasteiger partial charge on any atom is -0.273 e. The van der Waals surface area contributed by atoms with Crippen LogP contribution in [-0.2, 0) is 4.79 Å². The van der Waals surface area contributed by atoms with Gasteiger partial charge in [-0.15, -0.1) is 0 Å². The number of fused-ring (bicyclic) bond motifs is 3. The number of carbonyl (C=O) groups is 1. The van der Waals surface area contributed by atoms with Gasteiger partial charge in [-0.1, -0.05) is 46.3 Å². The first-order chi connectivity index (χ1) is 10.2. The quantitative estimate of drug-likeness (QED) is 0.786. The van der Waals surface area contributed by atoms with Gasteiger partial charge in [-0.2, -0.15) is 0 Å². The molecule has 0 bridgehead atoms. The number of halogens is 1. The van der Waals surface area contributed by atoms with E-state index in [2.05, 4.69) is 52.1 Å². The van der Waals surface area contributed by atoms with Crippen LogP contribution in [-0.4, -0.2) is 17.5 Å². The number of hydrazine groups is 1. The molecule has 0 N–H and O–H groups in total. The monoisotopic (exact) mass is 342 g/mol. The summed E-state index contributed by atoms with van der Waals surface area (Å²) in [7, 11) is 0. The number of amides is 1. The van der Waals surface area contributed by atoms with Crippen LogP contribution in [0.1, 0.15) is 29.2 Å². The first-order valence-electron chi connectivity index (χ1n) is 7.11. The lowest BCUT2D eigenvalue weighted by Crippen LogP contribution is -2.36. The Hall–Kier alpha value is -1.65. The van der Waals surface area contributed by atoms with Gasteiger partial charge in [0.1, 0.15) is 0 Å². The predicted molar refractivity (Wildman–Crippen MR) is 86.0 cm³/mol. The van der Waals surface area contributed by atoms with E-state index in [1.807, 2.05) is 23.2 Å². The van der Waals surface area contributed by atoms with Crippen molar-refractivity contribution in [2.45, 2.75) is 19.4 Å². The van der Waals surface area contributed by atoms with Gasteiger partial charge in [0.05, 0.1) is 11.7 Å². The maximum Gasteiger partial charge on any atom is 0.242 e. The Morgan fingerprint density at radius 2 is 1.95 bits per heavy atom. The van der Waals surface area contributed by atoms with E-state index in [0.29, 0.717) is 6.42 Å². The number of rotatable bonds is 1. The summed E-state index contributed by atoms with van der Waals surface area (Å²) in [6.45, 7) is 2.86. The van der Waals surface area contributed by atoms with Crippen LogP contribution in [0.5, 0.6) is 0 Å². The summed E-state index contributed by atoms with van der Waals surface area (Å²) in [5.74, 6) is 0.188. The fourth-order valence-corrected chi connectivity index (χ4v) is 4.04. The molecule has 3 nitrogen and oxygen atoms in total. The molecule has 106 valence electrons. The van der Waals surface area contributed by atoms with Crippen molar-refractivity contribution in [3.63, 3.8) is 0 Å². The van der Waals surface area contributed by atoms with Gasteiger partial charge in [0, 0.05) is 23.0 Å². The lowest BCUT2D eigenvalue weighted by molar-refractivity contribution is -0.117. The maximum atomic E-state index is 12.2. The number of hydrogen-bond acceptors (Lipinski definition) is 2. The van der Waals surface area contributed by atoms with Crippen molar-refractivity contribution in [2.24, 2.45) is 0 Å². The van der Waals surface area contributed by atoms with E-state index in [1.165, 1.54) is 16.7 Å². The van der Waals surface area contributed by atoms with Crippen molar-refractivity contribution in [3.8, 4) is 0 Å². The van der Waals surface area contributed by atoms with Gasteiger partial charge < -0.3 is 0 Å². The third kappa shape index (κ3) is 1.86. The Labute approximate surface area is 132 Å². The number of aryl methyl sites for hydroxylation is 1. The molecule has 2 aromatic carbocycles. The largest absolute Gasteiger partial charge is 0.273 e. The standard InChI is InChI=1S/C17H15BrN2O/c1-11-6-7-12(14(18)10-11)17-13-4-2-3-5-15(13)20-16(21)8-9-19(17)20/h2-7,10,17H,8-9H2,1H3. The highest BCUT2D eigenvalue weighted by atomic mass is 79.9. The number of para-hydroxylation sites is 1. The summed E-state index contributed by atoms with van der Waals surface area (Å²) < 4.78 is 1.10. The summed E-state index contributed by atoms with van der Waals surface area (Å²) in [6, 6.07) is 14.7. The fourth-order valence-electron chi connectivity index (χ4n) is 3.33. The van der Waals surface area contributed by atoms with Gasteiger partial charge in [-0.3, -0.25) is 4.79 Å². The van der Waals surface area contributed by atoms with Crippen molar-refractivity contribution in [3.05, 3.63) is 63.6 Å². The van der Waals surface area contributed by atoms with Gasteiger partial charge in [0.25, 0.3) is 0 Å². The zero-order valence-corrected chi connectivity index (χ0v) is 13.3. The molecule has 4 heteroatoms. The van der Waals surface area contributed by atoms with Gasteiger partial charge in [-0.05, 0) is 30.2 Å². The molecule has 2 heterocycles. The van der Waals surface area contributed by atoms with E-state index in [1.54, 1.807) is 0 Å². The lowest BCUT2D eigenvalue weighted by Gasteiger charge is -2.26. The first-order valence-corrected chi connectivity index (χ1v) is 7.90. The third-order valence-corrected chi connectivity index (χ3v) is 4.94. The topological polar surface area (TPSA) is 23.6 Å². The Morgan fingerprint density at radius 1 is 1.14 bits per heavy atom. The minimum atomic E-state index is 0.114. The van der Waals surface area contributed by atoms with Gasteiger partial charge in [-0.25, -0.2) is 10.0 Å². The van der Waals surface area contributed by atoms with Crippen molar-refractivity contribution in [1.82, 2.24) is 5.01 Å². The molecule has 4 rings (SSSR count). The summed E-state index contributed by atoms with van der Waals surface area (Å²) >= 11 is 3.69. The fraction of sp³-hybridized carbons (Fsp3) is 0.235. The zero-order valence-electron chi connectivity index (χ0n) is 11.7. The van der Waals surface area contributed by atoms with Crippen LogP contribution in [0.4, 0.5) is 5.69 Å². The molecule has 0 aliphatic carbocycles. The Bertz CT molecular complexity index is 743. The number of anilines is 1. The smallest absolute Gasteiger partial charge is 0.242 e. The summed E-state index contributed by atoms with van der Waals surface area (Å²) in [5, 5.41) is 4.04. The van der Waals surface area contributed by atoms with Crippen molar-refractivity contribution in [2.75, 3.05) is 11.6 Å². The number of carbonyl (C=O) groups excluding carboxylic acids is 1. The highest BCUT2D eigenvalue weighted by Crippen LogP contribution is 2.47. The van der Waals surface area contributed by atoms with Crippen LogP contribution < -0.4 is 5.01 Å². The third-order valence-electron chi connectivity index (χ3n) is 4.26. The molecule has 1 amide bonds. The number of hydrogen-bond donors (Lipinski definition) is 0. The van der Waals surface area contributed by atoms with Crippen LogP contribution in [0, 0.1) is 6.92 Å². The number of benzene rings is 2. The second-order valence-electron chi connectivity index (χ2n) is 5.60. The summed E-state index contributed by atoms with van der Waals surface area (Å²) in [5.41, 5.74) is 4.67. The Morgan fingerprint density at radius 3 is 2.76 bits per heavy atom. The first kappa shape index (κ1) is 13.0. The molecule has 0 spiro atoms. The van der Waals surface area contributed by atoms with Crippen molar-refractivity contribution in [1.29, 1.82) is 0 Å². The summed E-state index contributed by atoms with van der Waals surface area (Å²) in [6.07, 6.45) is 0.592. The molecular weight excluding hydrogens is 328 g/mol. The predicted octanol–water partition coefficient (Wildman–Crippen LogP) is 3.81. The van der Waals surface area contributed by atoms with Crippen molar-refractivity contribution >= 4 is 27.5 Å². The number of nitrogens with zero attached hydrogens (tertiary/aromatic N) is 2. The molecule has 1 unspecified atom stereocenters. The Kier molecular flexibility index (Phi) is 2.91. The second-order valence-corrected chi connectivity index (χ2v) is 6.46. The molecule has 21 heavy (non-hydrogen) atoms. The van der Waals surface area contributed by atoms with Gasteiger partial charge in [0.15, 0.2) is 0 Å². The molecule has 1 fully saturated rings. The van der Waals surface area contributed by atoms with Gasteiger partial charge in [0.2, 0.25) is 5.91 Å². The second kappa shape index (κ2) is 4.68. The normalized spacial score (nSPS) is 20.8. The van der Waals surface area contributed by atoms with E-state index in [0.717, 1.165) is 16.7 Å². The Balaban J connectivity index is 1.90. The molecule has 1 saturated heterocycles. The van der Waals surface area contributed by atoms with Gasteiger partial charge >= 0.3 is 0 Å². The lowest BCUT2D eigenvalue weighted by atomic mass is 9.97. The van der Waals surface area contributed by atoms with E-state index in [-0.39, 0.29) is 11.9 Å². The van der Waals surface area contributed by atoms with Crippen LogP contribution in [0.2, 0.25) is 0 Å². The van der Waals surface area contributed by atoms with E-state index in [4.69, 9.17) is 0 Å². The molecule has 1 atom stereocenters. The minimum absolute atomic E-state index is 0.114. The molecule has 0 radical (unpaired) electrons. The SMILES string of the molecule is Cc1ccc(C2c3ccccc3N3C(=O)CCN23)c(Br)c1. The summed E-state index contributed by atoms with van der Waals surface area (Å²) in [4.78, 5) is 12.2. The molecule has 2 aromatic rings. The van der Waals surface area contributed by atoms with Crippen LogP contribution in [0.25, 0.3) is 0 Å². The average Bonchev–Trinajstić information content (AvgIpc) is 2.98. The van der Waals surface area contributed by atoms with E-state index in [9.17, 15) is 4.79 Å².